The van der Waals surface area contributed by atoms with Crippen molar-refractivity contribution in [1.82, 2.24) is 9.97 Å². The number of benzene rings is 3. The number of hydrogen-bond acceptors (Lipinski definition) is 5. The quantitative estimate of drug-likeness (QED) is 0.215. The third-order valence-corrected chi connectivity index (χ3v) is 4.93. The van der Waals surface area contributed by atoms with Crippen LogP contribution in [-0.4, -0.2) is 37.7 Å². The molecule has 0 aliphatic heterocycles. The lowest BCUT2D eigenvalue weighted by atomic mass is 9.93. The van der Waals surface area contributed by atoms with E-state index in [0.29, 0.717) is 11.0 Å². The lowest BCUT2D eigenvalue weighted by molar-refractivity contribution is 0.0923. The van der Waals surface area contributed by atoms with Gasteiger partial charge in [-0.25, -0.2) is 9.37 Å². The Hall–Kier alpha value is -3.81. The number of nitrogens with zero attached hydrogens (tertiary/aromatic N) is 1. The lowest BCUT2D eigenvalue weighted by Crippen LogP contribution is -2.13. The average Bonchev–Trinajstić information content (AvgIpc) is 3.22. The summed E-state index contributed by atoms with van der Waals surface area (Å²) in [5.74, 6) is -1.57. The molecule has 0 fully saturated rings. The summed E-state index contributed by atoms with van der Waals surface area (Å²) in [7, 11) is 0. The van der Waals surface area contributed by atoms with Gasteiger partial charge in [0.25, 0.3) is 0 Å². The van der Waals surface area contributed by atoms with Crippen molar-refractivity contribution >= 4 is 28.1 Å². The van der Waals surface area contributed by atoms with Gasteiger partial charge in [0.05, 0.1) is 17.6 Å². The number of para-hydroxylation sites is 2. The number of hydrogen-bond donors (Lipinski definition) is 4. The van der Waals surface area contributed by atoms with E-state index in [-0.39, 0.29) is 28.1 Å². The molecule has 156 valence electrons. The number of nitrogens with one attached hydrogen (secondary N) is 1. The summed E-state index contributed by atoms with van der Waals surface area (Å²) < 4.78 is 13.8. The average molecular weight is 418 g/mol. The molecule has 3 aromatic carbocycles. The number of aliphatic hydroxyl groups is 3. The van der Waals surface area contributed by atoms with Gasteiger partial charge in [-0.2, -0.15) is 0 Å². The zero-order valence-corrected chi connectivity index (χ0v) is 16.3. The van der Waals surface area contributed by atoms with Gasteiger partial charge in [-0.3, -0.25) is 4.79 Å². The van der Waals surface area contributed by atoms with Crippen molar-refractivity contribution in [2.45, 2.75) is 6.10 Å². The van der Waals surface area contributed by atoms with Crippen LogP contribution < -0.4 is 0 Å². The van der Waals surface area contributed by atoms with Gasteiger partial charge in [-0.15, -0.1) is 0 Å². The first-order valence-corrected chi connectivity index (χ1v) is 9.56. The first-order chi connectivity index (χ1) is 15.0. The number of imidazole rings is 1. The number of ketones is 1. The van der Waals surface area contributed by atoms with Crippen molar-refractivity contribution in [3.63, 3.8) is 0 Å². The number of carbonyl (C=O) groups is 1. The molecule has 0 aliphatic carbocycles. The summed E-state index contributed by atoms with van der Waals surface area (Å²) in [6.45, 7) is -0.580. The van der Waals surface area contributed by atoms with E-state index >= 15 is 0 Å². The van der Waals surface area contributed by atoms with Crippen LogP contribution in [0.25, 0.3) is 22.4 Å². The first-order valence-electron chi connectivity index (χ1n) is 9.56. The molecule has 6 nitrogen and oxygen atoms in total. The molecule has 0 saturated heterocycles. The maximum atomic E-state index is 13.8. The highest BCUT2D eigenvalue weighted by Crippen LogP contribution is 2.30. The largest absolute Gasteiger partial charge is 0.506 e. The van der Waals surface area contributed by atoms with Crippen LogP contribution in [0.2, 0.25) is 0 Å². The number of aliphatic hydroxyl groups excluding tert-OH is 3. The van der Waals surface area contributed by atoms with Crippen LogP contribution in [0.3, 0.4) is 0 Å². The highest BCUT2D eigenvalue weighted by molar-refractivity contribution is 6.33. The summed E-state index contributed by atoms with van der Waals surface area (Å²) in [4.78, 5) is 21.0. The van der Waals surface area contributed by atoms with Crippen molar-refractivity contribution in [3.05, 3.63) is 101 Å². The maximum Gasteiger partial charge on any atom is 0.200 e. The molecule has 1 heterocycles. The van der Waals surface area contributed by atoms with Crippen molar-refractivity contribution in [1.29, 1.82) is 0 Å². The van der Waals surface area contributed by atoms with E-state index < -0.39 is 30.1 Å². The molecule has 1 unspecified atom stereocenters. The molecule has 4 aromatic rings. The van der Waals surface area contributed by atoms with Crippen LogP contribution >= 0.6 is 0 Å². The molecule has 0 aliphatic rings. The minimum absolute atomic E-state index is 0.0856. The van der Waals surface area contributed by atoms with Crippen molar-refractivity contribution < 1.29 is 24.5 Å². The summed E-state index contributed by atoms with van der Waals surface area (Å²) in [6, 6.07) is 18.6. The van der Waals surface area contributed by atoms with E-state index in [1.807, 2.05) is 0 Å². The zero-order chi connectivity index (χ0) is 22.0. The second-order valence-corrected chi connectivity index (χ2v) is 6.95. The fourth-order valence-electron chi connectivity index (χ4n) is 3.41. The van der Waals surface area contributed by atoms with Crippen LogP contribution in [0.1, 0.15) is 33.4 Å². The molecular formula is C24H19FN2O4. The van der Waals surface area contributed by atoms with E-state index in [1.165, 1.54) is 30.3 Å². The van der Waals surface area contributed by atoms with Gasteiger partial charge in [-0.1, -0.05) is 48.5 Å². The molecule has 4 rings (SSSR count). The van der Waals surface area contributed by atoms with Crippen LogP contribution in [0.5, 0.6) is 0 Å². The summed E-state index contributed by atoms with van der Waals surface area (Å²) in [6.07, 6.45) is -1.28. The standard InChI is InChI=1S/C24H19FN2O4/c25-15-7-5-6-14(12-15)22(30)21(24-26-18-10-3-4-11-19(18)27-24)23(31)17-9-2-1-8-16(17)20(29)13-28/h1-12,20,28-30H,13H2,(H,26,27). The van der Waals surface area contributed by atoms with E-state index in [1.54, 1.807) is 36.4 Å². The number of carbonyl (C=O) groups excluding carboxylic acids is 1. The number of aromatic amines is 1. The molecule has 1 atom stereocenters. The number of aromatic nitrogens is 2. The second-order valence-electron chi connectivity index (χ2n) is 6.95. The smallest absolute Gasteiger partial charge is 0.200 e. The van der Waals surface area contributed by atoms with Gasteiger partial charge in [0, 0.05) is 11.1 Å². The highest BCUT2D eigenvalue weighted by atomic mass is 19.1. The zero-order valence-electron chi connectivity index (χ0n) is 16.3. The second kappa shape index (κ2) is 8.51. The fourth-order valence-corrected chi connectivity index (χ4v) is 3.41. The number of rotatable bonds is 6. The van der Waals surface area contributed by atoms with Crippen LogP contribution in [0.15, 0.2) is 72.8 Å². The van der Waals surface area contributed by atoms with E-state index in [0.717, 1.165) is 6.07 Å². The van der Waals surface area contributed by atoms with Crippen LogP contribution in [-0.2, 0) is 0 Å². The van der Waals surface area contributed by atoms with Gasteiger partial charge < -0.3 is 20.3 Å². The van der Waals surface area contributed by atoms with E-state index in [2.05, 4.69) is 9.97 Å². The van der Waals surface area contributed by atoms with Gasteiger partial charge in [0.1, 0.15) is 29.1 Å². The summed E-state index contributed by atoms with van der Waals surface area (Å²) >= 11 is 0. The Kier molecular flexibility index (Phi) is 5.62. The molecule has 31 heavy (non-hydrogen) atoms. The van der Waals surface area contributed by atoms with Crippen molar-refractivity contribution in [3.8, 4) is 0 Å². The molecule has 0 amide bonds. The third kappa shape index (κ3) is 3.96. The molecule has 0 saturated carbocycles. The Bertz CT molecular complexity index is 1260. The highest BCUT2D eigenvalue weighted by Gasteiger charge is 2.27. The predicted molar refractivity (Wildman–Crippen MR) is 115 cm³/mol. The van der Waals surface area contributed by atoms with Gasteiger partial charge in [0.2, 0.25) is 5.78 Å². The Labute approximate surface area is 177 Å². The van der Waals surface area contributed by atoms with Crippen molar-refractivity contribution in [2.75, 3.05) is 6.61 Å². The molecule has 0 bridgehead atoms. The van der Waals surface area contributed by atoms with E-state index in [4.69, 9.17) is 0 Å². The lowest BCUT2D eigenvalue weighted by Gasteiger charge is -2.15. The molecule has 4 N–H and O–H groups in total. The molecule has 0 spiro atoms. The fraction of sp³-hybridized carbons (Fsp3) is 0.0833. The summed E-state index contributed by atoms with van der Waals surface area (Å²) in [5.41, 5.74) is 1.44. The number of allylic oxidation sites excluding steroid dienone is 1. The maximum absolute atomic E-state index is 13.8. The third-order valence-electron chi connectivity index (χ3n) is 4.93. The number of Topliss-reactive ketones (excluding diaryl/α,β-unsaturated/α-hetero) is 1. The molecule has 7 heteroatoms. The minimum atomic E-state index is -1.28. The predicted octanol–water partition coefficient (Wildman–Crippen LogP) is 4.04. The first kappa shape index (κ1) is 20.5. The van der Waals surface area contributed by atoms with Gasteiger partial charge in [0.15, 0.2) is 0 Å². The number of H-pyrrole nitrogens is 1. The number of halogens is 1. The van der Waals surface area contributed by atoms with Crippen molar-refractivity contribution in [2.24, 2.45) is 0 Å². The SMILES string of the molecule is O=C(C(=C(O)c1cccc(F)c1)c1nc2ccccc2[nH]1)c1ccccc1C(O)CO. The Morgan fingerprint density at radius 3 is 2.52 bits per heavy atom. The normalized spacial score (nSPS) is 13.1. The Morgan fingerprint density at radius 2 is 1.77 bits per heavy atom. The minimum Gasteiger partial charge on any atom is -0.506 e. The van der Waals surface area contributed by atoms with Crippen LogP contribution in [0, 0.1) is 5.82 Å². The summed E-state index contributed by atoms with van der Waals surface area (Å²) in [5, 5.41) is 30.6. The Morgan fingerprint density at radius 1 is 1.03 bits per heavy atom. The van der Waals surface area contributed by atoms with Crippen LogP contribution in [0.4, 0.5) is 4.39 Å². The molecular weight excluding hydrogens is 399 g/mol. The van der Waals surface area contributed by atoms with Gasteiger partial charge in [-0.05, 0) is 29.8 Å². The molecule has 1 aromatic heterocycles. The number of fused-ring (bicyclic) bond motifs is 1. The Balaban J connectivity index is 1.95. The topological polar surface area (TPSA) is 106 Å². The van der Waals surface area contributed by atoms with E-state index in [9.17, 15) is 24.5 Å². The molecule has 0 radical (unpaired) electrons. The van der Waals surface area contributed by atoms with Gasteiger partial charge >= 0.3 is 0 Å². The monoisotopic (exact) mass is 418 g/mol.